The molecule has 0 aliphatic rings. The van der Waals surface area contributed by atoms with Crippen molar-refractivity contribution in [3.8, 4) is 27.9 Å². The maximum Gasteiger partial charge on any atom is 0.188 e. The van der Waals surface area contributed by atoms with Crippen LogP contribution in [0.25, 0.3) is 60.5 Å². The van der Waals surface area contributed by atoms with Crippen LogP contribution in [0.15, 0.2) is 127 Å². The van der Waals surface area contributed by atoms with E-state index >= 15 is 0 Å². The lowest BCUT2D eigenvalue weighted by Gasteiger charge is -2.19. The molecule has 0 fully saturated rings. The number of hydrogen-bond donors (Lipinski definition) is 2. The molecule has 0 aliphatic carbocycles. The summed E-state index contributed by atoms with van der Waals surface area (Å²) in [5.74, 6) is 0.180. The number of aromatic nitrogens is 2. The van der Waals surface area contributed by atoms with Crippen molar-refractivity contribution >= 4 is 40.4 Å². The van der Waals surface area contributed by atoms with E-state index in [1.807, 2.05) is 41.0 Å². The standard InChI is InChI=1S/C34H25BN2O2/c35-34(38,39)33-36-29-16-8-9-17-30(29)37(33)24-20-18-23(19-21-24)32-27-14-6-4-12-25(27)31(22-10-2-1-3-11-22)26-13-5-7-15-28(26)32/h1-21,38-39H,35H2. The molecule has 5 heteroatoms. The van der Waals surface area contributed by atoms with Gasteiger partial charge in [-0.25, -0.2) is 4.98 Å². The van der Waals surface area contributed by atoms with Crippen LogP contribution in [0.1, 0.15) is 5.82 Å². The van der Waals surface area contributed by atoms with Crippen molar-refractivity contribution in [3.63, 3.8) is 0 Å². The molecular formula is C34H25BN2O2. The van der Waals surface area contributed by atoms with E-state index in [2.05, 4.69) is 96.0 Å². The molecule has 186 valence electrons. The Hall–Kier alpha value is -4.71. The van der Waals surface area contributed by atoms with Gasteiger partial charge in [-0.05, 0) is 68.1 Å². The van der Waals surface area contributed by atoms with Crippen molar-refractivity contribution < 1.29 is 10.2 Å². The molecule has 0 atom stereocenters. The second-order valence-electron chi connectivity index (χ2n) is 10.0. The summed E-state index contributed by atoms with van der Waals surface area (Å²) in [4.78, 5) is 4.52. The fourth-order valence-corrected chi connectivity index (χ4v) is 5.74. The van der Waals surface area contributed by atoms with Crippen LogP contribution in [0.3, 0.4) is 0 Å². The number of fused-ring (bicyclic) bond motifs is 3. The van der Waals surface area contributed by atoms with Gasteiger partial charge in [0.05, 0.1) is 11.0 Å². The fourth-order valence-electron chi connectivity index (χ4n) is 5.74. The summed E-state index contributed by atoms with van der Waals surface area (Å²) in [7, 11) is 1.34. The average molecular weight is 504 g/mol. The first-order valence-electron chi connectivity index (χ1n) is 13.0. The molecular weight excluding hydrogens is 479 g/mol. The predicted octanol–water partition coefficient (Wildman–Crippen LogP) is 6.39. The van der Waals surface area contributed by atoms with Gasteiger partial charge in [-0.15, -0.1) is 0 Å². The van der Waals surface area contributed by atoms with E-state index in [1.54, 1.807) is 0 Å². The van der Waals surface area contributed by atoms with Gasteiger partial charge in [0, 0.05) is 5.69 Å². The highest BCUT2D eigenvalue weighted by molar-refractivity contribution is 6.21. The third-order valence-corrected chi connectivity index (χ3v) is 7.39. The molecule has 7 aromatic rings. The van der Waals surface area contributed by atoms with Crippen LogP contribution in [-0.2, 0) is 5.69 Å². The first-order chi connectivity index (χ1) is 19.0. The molecule has 1 heterocycles. The van der Waals surface area contributed by atoms with Crippen molar-refractivity contribution in [1.82, 2.24) is 9.55 Å². The van der Waals surface area contributed by atoms with E-state index in [0.29, 0.717) is 5.52 Å². The molecule has 2 N–H and O–H groups in total. The largest absolute Gasteiger partial charge is 0.367 e. The lowest BCUT2D eigenvalue weighted by molar-refractivity contribution is -0.0985. The topological polar surface area (TPSA) is 58.3 Å². The van der Waals surface area contributed by atoms with Gasteiger partial charge in [-0.1, -0.05) is 103 Å². The Labute approximate surface area is 226 Å². The zero-order valence-corrected chi connectivity index (χ0v) is 21.4. The van der Waals surface area contributed by atoms with E-state index in [9.17, 15) is 10.2 Å². The summed E-state index contributed by atoms with van der Waals surface area (Å²) in [6, 6.07) is 43.7. The zero-order valence-electron chi connectivity index (χ0n) is 21.4. The number of imidazole rings is 1. The van der Waals surface area contributed by atoms with E-state index in [0.717, 1.165) is 16.8 Å². The smallest absolute Gasteiger partial charge is 0.188 e. The van der Waals surface area contributed by atoms with Crippen LogP contribution < -0.4 is 0 Å². The van der Waals surface area contributed by atoms with E-state index < -0.39 is 5.69 Å². The highest BCUT2D eigenvalue weighted by Gasteiger charge is 2.27. The molecule has 0 aliphatic heterocycles. The first kappa shape index (κ1) is 23.4. The lowest BCUT2D eigenvalue weighted by Crippen LogP contribution is -2.29. The van der Waals surface area contributed by atoms with Gasteiger partial charge in [0.15, 0.2) is 19.4 Å². The Morgan fingerprint density at radius 3 is 1.54 bits per heavy atom. The van der Waals surface area contributed by atoms with Crippen molar-refractivity contribution in [2.45, 2.75) is 5.69 Å². The molecule has 0 saturated heterocycles. The lowest BCUT2D eigenvalue weighted by atomic mass is 9.86. The highest BCUT2D eigenvalue weighted by atomic mass is 16.5. The molecule has 39 heavy (non-hydrogen) atoms. The maximum absolute atomic E-state index is 10.5. The van der Waals surface area contributed by atoms with Crippen molar-refractivity contribution in [2.24, 2.45) is 0 Å². The van der Waals surface area contributed by atoms with Crippen LogP contribution in [0, 0.1) is 0 Å². The van der Waals surface area contributed by atoms with Crippen molar-refractivity contribution in [3.05, 3.63) is 133 Å². The summed E-state index contributed by atoms with van der Waals surface area (Å²) < 4.78 is 1.81. The summed E-state index contributed by atoms with van der Waals surface area (Å²) in [6.07, 6.45) is 0. The minimum atomic E-state index is -2.09. The predicted molar refractivity (Wildman–Crippen MR) is 162 cm³/mol. The maximum atomic E-state index is 10.5. The first-order valence-corrected chi connectivity index (χ1v) is 13.0. The Bertz CT molecular complexity index is 1930. The van der Waals surface area contributed by atoms with Gasteiger partial charge >= 0.3 is 0 Å². The molecule has 0 saturated carbocycles. The number of para-hydroxylation sites is 2. The van der Waals surface area contributed by atoms with Crippen LogP contribution in [-0.4, -0.2) is 27.6 Å². The van der Waals surface area contributed by atoms with E-state index in [1.165, 1.54) is 46.1 Å². The molecule has 0 unspecified atom stereocenters. The highest BCUT2D eigenvalue weighted by Crippen LogP contribution is 2.43. The minimum absolute atomic E-state index is 0.180. The summed E-state index contributed by atoms with van der Waals surface area (Å²) in [5, 5.41) is 25.8. The fraction of sp³-hybridized carbons (Fsp3) is 0.0294. The molecule has 6 aromatic carbocycles. The van der Waals surface area contributed by atoms with Crippen LogP contribution >= 0.6 is 0 Å². The van der Waals surface area contributed by atoms with Crippen LogP contribution in [0.2, 0.25) is 0 Å². The normalized spacial score (nSPS) is 11.9. The molecule has 1 aromatic heterocycles. The van der Waals surface area contributed by atoms with Crippen LogP contribution in [0.5, 0.6) is 0 Å². The zero-order chi connectivity index (χ0) is 26.6. The summed E-state index contributed by atoms with van der Waals surface area (Å²) >= 11 is 0. The van der Waals surface area contributed by atoms with Gasteiger partial charge in [0.2, 0.25) is 0 Å². The molecule has 0 spiro atoms. The number of benzene rings is 6. The molecule has 0 amide bonds. The van der Waals surface area contributed by atoms with Gasteiger partial charge in [-0.2, -0.15) is 0 Å². The van der Waals surface area contributed by atoms with Gasteiger partial charge < -0.3 is 10.2 Å². The molecule has 0 radical (unpaired) electrons. The monoisotopic (exact) mass is 504 g/mol. The van der Waals surface area contributed by atoms with E-state index in [-0.39, 0.29) is 5.82 Å². The van der Waals surface area contributed by atoms with Gasteiger partial charge in [0.1, 0.15) is 0 Å². The molecule has 7 rings (SSSR count). The van der Waals surface area contributed by atoms with E-state index in [4.69, 9.17) is 0 Å². The second kappa shape index (κ2) is 8.95. The Balaban J connectivity index is 1.47. The van der Waals surface area contributed by atoms with Crippen LogP contribution in [0.4, 0.5) is 0 Å². The number of rotatable bonds is 4. The summed E-state index contributed by atoms with van der Waals surface area (Å²) in [6.45, 7) is 0. The number of aliphatic hydroxyl groups is 2. The quantitative estimate of drug-likeness (QED) is 0.166. The minimum Gasteiger partial charge on any atom is -0.367 e. The Morgan fingerprint density at radius 2 is 1.00 bits per heavy atom. The Morgan fingerprint density at radius 1 is 0.538 bits per heavy atom. The third kappa shape index (κ3) is 3.83. The third-order valence-electron chi connectivity index (χ3n) is 7.39. The number of nitrogens with zero attached hydrogens (tertiary/aromatic N) is 2. The molecule has 0 bridgehead atoms. The second-order valence-corrected chi connectivity index (χ2v) is 10.0. The van der Waals surface area contributed by atoms with Crippen molar-refractivity contribution in [2.75, 3.05) is 0 Å². The number of hydrogen-bond acceptors (Lipinski definition) is 3. The molecule has 4 nitrogen and oxygen atoms in total. The summed E-state index contributed by atoms with van der Waals surface area (Å²) in [5.41, 5.74) is 4.95. The SMILES string of the molecule is BC(O)(O)c1nc2ccccc2n1-c1ccc(-c2c3ccccc3c(-c3ccccc3)c3ccccc23)cc1. The Kier molecular flexibility index (Phi) is 5.37. The van der Waals surface area contributed by atoms with Crippen molar-refractivity contribution in [1.29, 1.82) is 0 Å². The van der Waals surface area contributed by atoms with Gasteiger partial charge in [-0.3, -0.25) is 4.57 Å². The van der Waals surface area contributed by atoms with Gasteiger partial charge in [0.25, 0.3) is 0 Å². The average Bonchev–Trinajstić information content (AvgIpc) is 3.37.